The lowest BCUT2D eigenvalue weighted by Crippen LogP contribution is -2.06. The molecule has 4 aromatic rings. The third-order valence-electron chi connectivity index (χ3n) is 4.62. The van der Waals surface area contributed by atoms with Gasteiger partial charge in [-0.05, 0) is 37.1 Å². The fourth-order valence-electron chi connectivity index (χ4n) is 3.39. The number of hydrogen-bond donors (Lipinski definition) is 0. The number of nitrogens with zero attached hydrogens (tertiary/aromatic N) is 4. The number of para-hydroxylation sites is 4. The standard InChI is InChI=1S/C22H22N4/c1-3-5-15-25-19-13-9-7-11-17(19)23-21(25)22-24-18-12-8-10-14-20(18)26(22)16-6-4-2/h3-4,7-14H,1-2,5-6,15-16H2. The van der Waals surface area contributed by atoms with Gasteiger partial charge >= 0.3 is 0 Å². The zero-order valence-corrected chi connectivity index (χ0v) is 14.8. The number of allylic oxidation sites excluding steroid dienone is 2. The Morgan fingerprint density at radius 3 is 1.54 bits per heavy atom. The van der Waals surface area contributed by atoms with Gasteiger partial charge in [-0.3, -0.25) is 0 Å². The van der Waals surface area contributed by atoms with Crippen LogP contribution in [0, 0.1) is 0 Å². The first-order valence-corrected chi connectivity index (χ1v) is 8.96. The Labute approximate surface area is 153 Å². The molecule has 0 saturated heterocycles. The van der Waals surface area contributed by atoms with Crippen LogP contribution in [0.2, 0.25) is 0 Å². The number of rotatable bonds is 7. The normalized spacial score (nSPS) is 11.2. The first-order chi connectivity index (χ1) is 12.8. The van der Waals surface area contributed by atoms with E-state index in [-0.39, 0.29) is 0 Å². The molecule has 2 heterocycles. The summed E-state index contributed by atoms with van der Waals surface area (Å²) in [4.78, 5) is 9.84. The Morgan fingerprint density at radius 1 is 0.692 bits per heavy atom. The summed E-state index contributed by atoms with van der Waals surface area (Å²) in [6.45, 7) is 9.41. The summed E-state index contributed by atoms with van der Waals surface area (Å²) in [7, 11) is 0. The molecule has 0 amide bonds. The van der Waals surface area contributed by atoms with Gasteiger partial charge in [-0.25, -0.2) is 9.97 Å². The van der Waals surface area contributed by atoms with E-state index in [1.165, 1.54) is 0 Å². The van der Waals surface area contributed by atoms with Crippen molar-refractivity contribution in [1.82, 2.24) is 19.1 Å². The molecule has 0 aliphatic heterocycles. The quantitative estimate of drug-likeness (QED) is 0.432. The Bertz CT molecular complexity index is 996. The summed E-state index contributed by atoms with van der Waals surface area (Å²) in [5.74, 6) is 1.82. The molecule has 4 heteroatoms. The molecule has 0 unspecified atom stereocenters. The second kappa shape index (κ2) is 7.00. The van der Waals surface area contributed by atoms with Crippen molar-refractivity contribution >= 4 is 22.1 Å². The van der Waals surface area contributed by atoms with Crippen LogP contribution in [0.3, 0.4) is 0 Å². The third-order valence-corrected chi connectivity index (χ3v) is 4.62. The summed E-state index contributed by atoms with van der Waals surface area (Å²) in [5.41, 5.74) is 4.25. The van der Waals surface area contributed by atoms with Crippen molar-refractivity contribution < 1.29 is 0 Å². The lowest BCUT2D eigenvalue weighted by atomic mass is 10.3. The average Bonchev–Trinajstić information content (AvgIpc) is 3.22. The van der Waals surface area contributed by atoms with Crippen molar-refractivity contribution in [2.24, 2.45) is 0 Å². The van der Waals surface area contributed by atoms with Crippen LogP contribution in [0.1, 0.15) is 12.8 Å². The topological polar surface area (TPSA) is 35.6 Å². The predicted octanol–water partition coefficient (Wildman–Crippen LogP) is 5.21. The second-order valence-corrected chi connectivity index (χ2v) is 6.31. The van der Waals surface area contributed by atoms with Crippen LogP contribution < -0.4 is 0 Å². The van der Waals surface area contributed by atoms with E-state index in [0.717, 1.165) is 59.6 Å². The molecule has 0 atom stereocenters. The largest absolute Gasteiger partial charge is 0.321 e. The fraction of sp³-hybridized carbons (Fsp3) is 0.182. The SMILES string of the molecule is C=CCCn1c(-c2nc3ccccc3n2CCC=C)nc2ccccc21. The Balaban J connectivity index is 1.97. The number of benzene rings is 2. The Kier molecular flexibility index (Phi) is 4.40. The molecule has 0 saturated carbocycles. The molecule has 4 rings (SSSR count). The Morgan fingerprint density at radius 2 is 1.12 bits per heavy atom. The van der Waals surface area contributed by atoms with E-state index in [1.807, 2.05) is 24.3 Å². The maximum atomic E-state index is 4.92. The highest BCUT2D eigenvalue weighted by molar-refractivity contribution is 5.83. The maximum Gasteiger partial charge on any atom is 0.177 e. The van der Waals surface area contributed by atoms with Crippen molar-refractivity contribution in [3.05, 3.63) is 73.8 Å². The summed E-state index contributed by atoms with van der Waals surface area (Å²) in [5, 5.41) is 0. The lowest BCUT2D eigenvalue weighted by molar-refractivity contribution is 0.702. The van der Waals surface area contributed by atoms with Crippen molar-refractivity contribution in [3.63, 3.8) is 0 Å². The lowest BCUT2D eigenvalue weighted by Gasteiger charge is -2.10. The monoisotopic (exact) mass is 342 g/mol. The maximum absolute atomic E-state index is 4.92. The number of aryl methyl sites for hydroxylation is 2. The zero-order valence-electron chi connectivity index (χ0n) is 14.8. The number of fused-ring (bicyclic) bond motifs is 2. The van der Waals surface area contributed by atoms with Gasteiger partial charge in [0, 0.05) is 13.1 Å². The summed E-state index contributed by atoms with van der Waals surface area (Å²) in [6, 6.07) is 16.5. The van der Waals surface area contributed by atoms with Crippen LogP contribution in [-0.2, 0) is 13.1 Å². The molecule has 2 aromatic carbocycles. The van der Waals surface area contributed by atoms with Gasteiger partial charge in [0.05, 0.1) is 22.1 Å². The van der Waals surface area contributed by atoms with E-state index in [4.69, 9.17) is 9.97 Å². The molecule has 2 aromatic heterocycles. The van der Waals surface area contributed by atoms with Gasteiger partial charge in [0.25, 0.3) is 0 Å². The molecule has 0 fully saturated rings. The smallest absolute Gasteiger partial charge is 0.177 e. The van der Waals surface area contributed by atoms with E-state index in [2.05, 4.69) is 58.7 Å². The first kappa shape index (κ1) is 16.3. The number of aromatic nitrogens is 4. The molecule has 0 aliphatic carbocycles. The van der Waals surface area contributed by atoms with Crippen LogP contribution in [0.25, 0.3) is 33.7 Å². The van der Waals surface area contributed by atoms with Crippen molar-refractivity contribution in [2.45, 2.75) is 25.9 Å². The highest BCUT2D eigenvalue weighted by atomic mass is 15.2. The van der Waals surface area contributed by atoms with Crippen LogP contribution in [0.4, 0.5) is 0 Å². The minimum Gasteiger partial charge on any atom is -0.321 e. The summed E-state index contributed by atoms with van der Waals surface area (Å²) >= 11 is 0. The van der Waals surface area contributed by atoms with E-state index in [1.54, 1.807) is 0 Å². The molecule has 26 heavy (non-hydrogen) atoms. The molecule has 0 radical (unpaired) electrons. The molecule has 4 nitrogen and oxygen atoms in total. The van der Waals surface area contributed by atoms with Crippen LogP contribution in [0.15, 0.2) is 73.8 Å². The molecule has 0 spiro atoms. The second-order valence-electron chi connectivity index (χ2n) is 6.31. The molecule has 0 aliphatic rings. The average molecular weight is 342 g/mol. The van der Waals surface area contributed by atoms with Crippen molar-refractivity contribution in [3.8, 4) is 11.6 Å². The minimum atomic E-state index is 0.837. The van der Waals surface area contributed by atoms with E-state index < -0.39 is 0 Å². The number of hydrogen-bond acceptors (Lipinski definition) is 2. The number of imidazole rings is 2. The highest BCUT2D eigenvalue weighted by Gasteiger charge is 2.19. The van der Waals surface area contributed by atoms with E-state index >= 15 is 0 Å². The predicted molar refractivity (Wildman–Crippen MR) is 108 cm³/mol. The van der Waals surface area contributed by atoms with E-state index in [9.17, 15) is 0 Å². The molecular formula is C22H22N4. The highest BCUT2D eigenvalue weighted by Crippen LogP contribution is 2.28. The van der Waals surface area contributed by atoms with E-state index in [0.29, 0.717) is 0 Å². The van der Waals surface area contributed by atoms with Gasteiger partial charge < -0.3 is 9.13 Å². The van der Waals surface area contributed by atoms with Crippen LogP contribution >= 0.6 is 0 Å². The van der Waals surface area contributed by atoms with Crippen LogP contribution in [-0.4, -0.2) is 19.1 Å². The van der Waals surface area contributed by atoms with Gasteiger partial charge in [0.2, 0.25) is 0 Å². The summed E-state index contributed by atoms with van der Waals surface area (Å²) < 4.78 is 4.51. The molecular weight excluding hydrogens is 320 g/mol. The zero-order chi connectivity index (χ0) is 17.9. The van der Waals surface area contributed by atoms with Crippen molar-refractivity contribution in [1.29, 1.82) is 0 Å². The molecule has 130 valence electrons. The minimum absolute atomic E-state index is 0.837. The van der Waals surface area contributed by atoms with Gasteiger partial charge in [0.1, 0.15) is 0 Å². The molecule has 0 N–H and O–H groups in total. The first-order valence-electron chi connectivity index (χ1n) is 8.96. The third kappa shape index (κ3) is 2.73. The fourth-order valence-corrected chi connectivity index (χ4v) is 3.39. The van der Waals surface area contributed by atoms with Crippen LogP contribution in [0.5, 0.6) is 0 Å². The summed E-state index contributed by atoms with van der Waals surface area (Å²) in [6.07, 6.45) is 5.67. The van der Waals surface area contributed by atoms with Crippen molar-refractivity contribution in [2.75, 3.05) is 0 Å². The van der Waals surface area contributed by atoms with Gasteiger partial charge in [-0.15, -0.1) is 13.2 Å². The van der Waals surface area contributed by atoms with Gasteiger partial charge in [-0.2, -0.15) is 0 Å². The Hall–Kier alpha value is -3.14. The van der Waals surface area contributed by atoms with Gasteiger partial charge in [0.15, 0.2) is 11.6 Å². The molecule has 0 bridgehead atoms. The van der Waals surface area contributed by atoms with Gasteiger partial charge in [-0.1, -0.05) is 36.4 Å².